The minimum absolute atomic E-state index is 0.218. The number of aliphatic hydroxyl groups is 1. The van der Waals surface area contributed by atoms with Gasteiger partial charge in [0, 0.05) is 5.92 Å². The van der Waals surface area contributed by atoms with E-state index in [2.05, 4.69) is 55.5 Å². The van der Waals surface area contributed by atoms with Gasteiger partial charge in [-0.25, -0.2) is 0 Å². The second kappa shape index (κ2) is 4.58. The van der Waals surface area contributed by atoms with Crippen molar-refractivity contribution in [2.24, 2.45) is 0 Å². The zero-order chi connectivity index (χ0) is 12.5. The molecule has 92 valence electrons. The van der Waals surface area contributed by atoms with Crippen LogP contribution in [0.15, 0.2) is 48.5 Å². The molecule has 0 bridgehead atoms. The van der Waals surface area contributed by atoms with E-state index in [0.29, 0.717) is 5.92 Å². The molecule has 0 aromatic heterocycles. The third-order valence-electron chi connectivity index (χ3n) is 3.96. The Morgan fingerprint density at radius 2 is 1.61 bits per heavy atom. The topological polar surface area (TPSA) is 20.2 Å². The number of rotatable bonds is 1. The Hall–Kier alpha value is -1.60. The molecule has 3 rings (SSSR count). The molecule has 2 aromatic carbocycles. The van der Waals surface area contributed by atoms with Crippen molar-refractivity contribution in [1.29, 1.82) is 0 Å². The average molecular weight is 238 g/mol. The summed E-state index contributed by atoms with van der Waals surface area (Å²) in [6.07, 6.45) is 1.41. The van der Waals surface area contributed by atoms with E-state index >= 15 is 0 Å². The molecule has 0 saturated heterocycles. The molecule has 0 unspecified atom stereocenters. The predicted octanol–water partition coefficient (Wildman–Crippen LogP) is 3.43. The SMILES string of the molecule is Cc1ccccc1[C@H]1C[C@@H](O)Cc2ccccc21. The summed E-state index contributed by atoms with van der Waals surface area (Å²) < 4.78 is 0. The van der Waals surface area contributed by atoms with Crippen LogP contribution in [-0.4, -0.2) is 11.2 Å². The standard InChI is InChI=1S/C17H18O/c1-12-6-2-4-8-15(12)17-11-14(18)10-13-7-3-5-9-16(13)17/h2-9,14,17-18H,10-11H2,1H3/t14-,17+/m0/s1. The lowest BCUT2D eigenvalue weighted by Gasteiger charge is -2.30. The lowest BCUT2D eigenvalue weighted by Crippen LogP contribution is -2.23. The van der Waals surface area contributed by atoms with Gasteiger partial charge in [0.1, 0.15) is 0 Å². The molecule has 1 aliphatic carbocycles. The van der Waals surface area contributed by atoms with Crippen LogP contribution in [0.4, 0.5) is 0 Å². The first-order chi connectivity index (χ1) is 8.75. The van der Waals surface area contributed by atoms with Gasteiger partial charge >= 0.3 is 0 Å². The van der Waals surface area contributed by atoms with E-state index in [1.165, 1.54) is 22.3 Å². The zero-order valence-corrected chi connectivity index (χ0v) is 10.6. The number of fused-ring (bicyclic) bond motifs is 1. The molecule has 0 spiro atoms. The maximum absolute atomic E-state index is 10.1. The molecule has 0 aliphatic heterocycles. The molecule has 0 amide bonds. The Labute approximate surface area is 108 Å². The highest BCUT2D eigenvalue weighted by atomic mass is 16.3. The Morgan fingerprint density at radius 1 is 0.944 bits per heavy atom. The Balaban J connectivity index is 2.11. The summed E-state index contributed by atoms with van der Waals surface area (Å²) in [6, 6.07) is 17.0. The summed E-state index contributed by atoms with van der Waals surface area (Å²) in [6.45, 7) is 2.15. The Bertz CT molecular complexity index is 559. The fourth-order valence-electron chi connectivity index (χ4n) is 3.07. The van der Waals surface area contributed by atoms with Crippen molar-refractivity contribution < 1.29 is 5.11 Å². The second-order valence-electron chi connectivity index (χ2n) is 5.20. The van der Waals surface area contributed by atoms with Crippen molar-refractivity contribution in [3.05, 3.63) is 70.8 Å². The van der Waals surface area contributed by atoms with Crippen molar-refractivity contribution in [3.63, 3.8) is 0 Å². The van der Waals surface area contributed by atoms with Crippen LogP contribution in [0.1, 0.15) is 34.6 Å². The third-order valence-corrected chi connectivity index (χ3v) is 3.96. The smallest absolute Gasteiger partial charge is 0.0589 e. The molecular formula is C17H18O. The number of hydrogen-bond donors (Lipinski definition) is 1. The minimum atomic E-state index is -0.218. The predicted molar refractivity (Wildman–Crippen MR) is 73.8 cm³/mol. The first kappa shape index (κ1) is 11.5. The van der Waals surface area contributed by atoms with Crippen molar-refractivity contribution >= 4 is 0 Å². The zero-order valence-electron chi connectivity index (χ0n) is 10.6. The third kappa shape index (κ3) is 1.95. The van der Waals surface area contributed by atoms with E-state index in [9.17, 15) is 5.11 Å². The summed E-state index contributed by atoms with van der Waals surface area (Å²) >= 11 is 0. The van der Waals surface area contributed by atoms with E-state index in [1.54, 1.807) is 0 Å². The van der Waals surface area contributed by atoms with E-state index in [-0.39, 0.29) is 6.10 Å². The fraction of sp³-hybridized carbons (Fsp3) is 0.294. The molecule has 0 fully saturated rings. The lowest BCUT2D eigenvalue weighted by molar-refractivity contribution is 0.152. The number of aliphatic hydroxyl groups excluding tert-OH is 1. The van der Waals surface area contributed by atoms with Crippen molar-refractivity contribution in [1.82, 2.24) is 0 Å². The summed E-state index contributed by atoms with van der Waals surface area (Å²) in [5.41, 5.74) is 5.34. The van der Waals surface area contributed by atoms with Crippen LogP contribution in [-0.2, 0) is 6.42 Å². The second-order valence-corrected chi connectivity index (χ2v) is 5.20. The number of hydrogen-bond acceptors (Lipinski definition) is 1. The average Bonchev–Trinajstić information content (AvgIpc) is 2.38. The molecule has 0 heterocycles. The molecule has 2 atom stereocenters. The normalized spacial score (nSPS) is 22.6. The van der Waals surface area contributed by atoms with Crippen LogP contribution in [0.25, 0.3) is 0 Å². The van der Waals surface area contributed by atoms with Crippen LogP contribution >= 0.6 is 0 Å². The summed E-state index contributed by atoms with van der Waals surface area (Å²) in [4.78, 5) is 0. The van der Waals surface area contributed by atoms with Crippen LogP contribution in [0.2, 0.25) is 0 Å². The van der Waals surface area contributed by atoms with Gasteiger partial charge in [-0.15, -0.1) is 0 Å². The summed E-state index contributed by atoms with van der Waals surface area (Å²) in [7, 11) is 0. The monoisotopic (exact) mass is 238 g/mol. The first-order valence-corrected chi connectivity index (χ1v) is 6.57. The van der Waals surface area contributed by atoms with Gasteiger partial charge in [0.2, 0.25) is 0 Å². The van der Waals surface area contributed by atoms with E-state index in [0.717, 1.165) is 12.8 Å². The van der Waals surface area contributed by atoms with Gasteiger partial charge in [-0.05, 0) is 42.0 Å². The lowest BCUT2D eigenvalue weighted by atomic mass is 9.76. The molecule has 1 aliphatic rings. The molecule has 1 nitrogen and oxygen atoms in total. The molecule has 0 radical (unpaired) electrons. The Kier molecular flexibility index (Phi) is 2.92. The number of aryl methyl sites for hydroxylation is 1. The highest BCUT2D eigenvalue weighted by molar-refractivity contribution is 5.43. The van der Waals surface area contributed by atoms with Crippen molar-refractivity contribution in [2.75, 3.05) is 0 Å². The summed E-state index contributed by atoms with van der Waals surface area (Å²) in [5.74, 6) is 0.339. The van der Waals surface area contributed by atoms with Crippen LogP contribution in [0.5, 0.6) is 0 Å². The van der Waals surface area contributed by atoms with E-state index in [1.807, 2.05) is 0 Å². The molecule has 2 aromatic rings. The molecule has 18 heavy (non-hydrogen) atoms. The van der Waals surface area contributed by atoms with Gasteiger partial charge in [0.15, 0.2) is 0 Å². The van der Waals surface area contributed by atoms with Gasteiger partial charge in [-0.1, -0.05) is 48.5 Å². The van der Waals surface area contributed by atoms with Crippen LogP contribution < -0.4 is 0 Å². The largest absolute Gasteiger partial charge is 0.393 e. The van der Waals surface area contributed by atoms with Gasteiger partial charge in [-0.3, -0.25) is 0 Å². The van der Waals surface area contributed by atoms with Crippen LogP contribution in [0.3, 0.4) is 0 Å². The molecular weight excluding hydrogens is 220 g/mol. The minimum Gasteiger partial charge on any atom is -0.393 e. The summed E-state index contributed by atoms with van der Waals surface area (Å²) in [5, 5.41) is 10.1. The van der Waals surface area contributed by atoms with Gasteiger partial charge < -0.3 is 5.11 Å². The van der Waals surface area contributed by atoms with Gasteiger partial charge in [-0.2, -0.15) is 0 Å². The first-order valence-electron chi connectivity index (χ1n) is 6.57. The number of benzene rings is 2. The highest BCUT2D eigenvalue weighted by Gasteiger charge is 2.27. The molecule has 1 heteroatoms. The van der Waals surface area contributed by atoms with Gasteiger partial charge in [0.05, 0.1) is 6.10 Å². The maximum atomic E-state index is 10.1. The van der Waals surface area contributed by atoms with Crippen molar-refractivity contribution in [2.45, 2.75) is 31.8 Å². The highest BCUT2D eigenvalue weighted by Crippen LogP contribution is 2.37. The van der Waals surface area contributed by atoms with Crippen LogP contribution in [0, 0.1) is 6.92 Å². The maximum Gasteiger partial charge on any atom is 0.0589 e. The van der Waals surface area contributed by atoms with Crippen molar-refractivity contribution in [3.8, 4) is 0 Å². The van der Waals surface area contributed by atoms with E-state index < -0.39 is 0 Å². The molecule has 0 saturated carbocycles. The fourth-order valence-corrected chi connectivity index (χ4v) is 3.07. The van der Waals surface area contributed by atoms with E-state index in [4.69, 9.17) is 0 Å². The molecule has 1 N–H and O–H groups in total. The quantitative estimate of drug-likeness (QED) is 0.807. The van der Waals surface area contributed by atoms with Gasteiger partial charge in [0.25, 0.3) is 0 Å². The Morgan fingerprint density at radius 3 is 2.39 bits per heavy atom.